The Kier molecular flexibility index (Phi) is 5.91. The Balaban J connectivity index is 1.98. The largest absolute Gasteiger partial charge is 0.459 e. The number of cyclic esters (lactones) is 1. The van der Waals surface area contributed by atoms with Crippen LogP contribution in [0, 0.1) is 13.8 Å². The molecule has 7 nitrogen and oxygen atoms in total. The Bertz CT molecular complexity index is 872. The number of ketones is 1. The Morgan fingerprint density at radius 2 is 1.83 bits per heavy atom. The molecule has 1 N–H and O–H groups in total. The number of benzene rings is 1. The molecule has 1 fully saturated rings. The van der Waals surface area contributed by atoms with E-state index < -0.39 is 30.1 Å². The molecule has 0 aromatic heterocycles. The molecule has 156 valence electrons. The summed E-state index contributed by atoms with van der Waals surface area (Å²) >= 11 is 0. The number of aryl methyl sites for hydroxylation is 2. The molecule has 1 aromatic carbocycles. The number of carbonyl (C=O) groups is 3. The van der Waals surface area contributed by atoms with E-state index in [0.29, 0.717) is 17.7 Å². The van der Waals surface area contributed by atoms with E-state index >= 15 is 0 Å². The molecule has 1 saturated heterocycles. The fourth-order valence-corrected chi connectivity index (χ4v) is 3.71. The van der Waals surface area contributed by atoms with Gasteiger partial charge in [0, 0.05) is 6.42 Å². The van der Waals surface area contributed by atoms with Gasteiger partial charge >= 0.3 is 5.97 Å². The topological polar surface area (TPSA) is 90.9 Å². The number of nitrogens with one attached hydrogen (secondary N) is 1. The van der Waals surface area contributed by atoms with Crippen molar-refractivity contribution < 1.29 is 28.6 Å². The number of anilines is 1. The summed E-state index contributed by atoms with van der Waals surface area (Å²) in [7, 11) is 0. The molecule has 29 heavy (non-hydrogen) atoms. The first-order valence-corrected chi connectivity index (χ1v) is 9.74. The Hall–Kier alpha value is -2.51. The second-order valence-corrected chi connectivity index (χ2v) is 8.11. The van der Waals surface area contributed by atoms with Gasteiger partial charge in [-0.05, 0) is 57.9 Å². The van der Waals surface area contributed by atoms with Crippen LogP contribution in [0.15, 0.2) is 24.3 Å². The predicted octanol–water partition coefficient (Wildman–Crippen LogP) is 3.23. The van der Waals surface area contributed by atoms with Crippen LogP contribution in [-0.2, 0) is 23.8 Å². The van der Waals surface area contributed by atoms with Gasteiger partial charge in [-0.2, -0.15) is 0 Å². The summed E-state index contributed by atoms with van der Waals surface area (Å²) in [6.07, 6.45) is 1.33. The first-order chi connectivity index (χ1) is 13.6. The van der Waals surface area contributed by atoms with Gasteiger partial charge in [0.2, 0.25) is 5.91 Å². The number of hydrogen-bond donors (Lipinski definition) is 1. The minimum atomic E-state index is -0.968. The first kappa shape index (κ1) is 21.2. The van der Waals surface area contributed by atoms with Gasteiger partial charge in [-0.25, -0.2) is 4.79 Å². The first-order valence-electron chi connectivity index (χ1n) is 9.74. The van der Waals surface area contributed by atoms with E-state index in [1.165, 1.54) is 6.08 Å². The van der Waals surface area contributed by atoms with E-state index in [9.17, 15) is 14.4 Å². The number of rotatable bonds is 0. The van der Waals surface area contributed by atoms with E-state index in [-0.39, 0.29) is 18.1 Å². The van der Waals surface area contributed by atoms with Crippen molar-refractivity contribution in [2.24, 2.45) is 0 Å². The lowest BCUT2D eigenvalue weighted by Gasteiger charge is -2.19. The highest BCUT2D eigenvalue weighted by Crippen LogP contribution is 2.32. The zero-order valence-electron chi connectivity index (χ0n) is 17.4. The minimum Gasteiger partial charge on any atom is -0.459 e. The number of amides is 1. The van der Waals surface area contributed by atoms with Crippen LogP contribution >= 0.6 is 0 Å². The molecule has 0 bridgehead atoms. The summed E-state index contributed by atoms with van der Waals surface area (Å²) in [5, 5.41) is 2.79. The van der Waals surface area contributed by atoms with Gasteiger partial charge in [0.05, 0.1) is 17.7 Å². The molecule has 0 aliphatic carbocycles. The van der Waals surface area contributed by atoms with E-state index in [0.717, 1.165) is 11.1 Å². The molecule has 2 heterocycles. The van der Waals surface area contributed by atoms with Crippen molar-refractivity contribution in [3.05, 3.63) is 41.0 Å². The van der Waals surface area contributed by atoms with Gasteiger partial charge in [0.1, 0.15) is 18.3 Å². The third-order valence-corrected chi connectivity index (χ3v) is 4.87. The van der Waals surface area contributed by atoms with Crippen molar-refractivity contribution in [3.63, 3.8) is 0 Å². The van der Waals surface area contributed by atoms with Crippen molar-refractivity contribution in [1.29, 1.82) is 0 Å². The monoisotopic (exact) mass is 401 g/mol. The van der Waals surface area contributed by atoms with Crippen LogP contribution in [0.5, 0.6) is 0 Å². The molecule has 1 amide bonds. The second-order valence-electron chi connectivity index (χ2n) is 8.11. The van der Waals surface area contributed by atoms with Crippen LogP contribution in [-0.4, -0.2) is 41.8 Å². The Morgan fingerprint density at radius 3 is 2.55 bits per heavy atom. The molecule has 1 aromatic rings. The standard InChI is InChI=1S/C22H27NO6/c1-12-9-13(2)19-15(10-12)23-18(25)11-17-20(29-22(4,5)28-17)16(24)8-6-7-14(3)27-21(19)26/h6,8-10,14,17,20H,7,11H2,1-5H3,(H,23,25)/b8-6+/t14-,17+,20+/m0/s1. The zero-order valence-corrected chi connectivity index (χ0v) is 17.4. The summed E-state index contributed by atoms with van der Waals surface area (Å²) in [4.78, 5) is 38.1. The van der Waals surface area contributed by atoms with E-state index in [1.54, 1.807) is 39.8 Å². The summed E-state index contributed by atoms with van der Waals surface area (Å²) in [6, 6.07) is 3.60. The van der Waals surface area contributed by atoms with Crippen molar-refractivity contribution in [2.45, 2.75) is 71.6 Å². The van der Waals surface area contributed by atoms with Gasteiger partial charge in [0.25, 0.3) is 0 Å². The number of hydrogen-bond acceptors (Lipinski definition) is 6. The predicted molar refractivity (Wildman–Crippen MR) is 107 cm³/mol. The number of fused-ring (bicyclic) bond motifs is 2. The molecular formula is C22H27NO6. The smallest absolute Gasteiger partial charge is 0.340 e. The summed E-state index contributed by atoms with van der Waals surface area (Å²) < 4.78 is 17.1. The van der Waals surface area contributed by atoms with Crippen molar-refractivity contribution in [2.75, 3.05) is 5.32 Å². The van der Waals surface area contributed by atoms with Crippen LogP contribution in [0.3, 0.4) is 0 Å². The average Bonchev–Trinajstić information content (AvgIpc) is 2.87. The highest BCUT2D eigenvalue weighted by molar-refractivity contribution is 6.03. The van der Waals surface area contributed by atoms with Crippen LogP contribution in [0.2, 0.25) is 0 Å². The third kappa shape index (κ3) is 4.92. The molecule has 3 atom stereocenters. The molecular weight excluding hydrogens is 374 g/mol. The fourth-order valence-electron chi connectivity index (χ4n) is 3.71. The molecule has 0 saturated carbocycles. The molecule has 3 rings (SSSR count). The highest BCUT2D eigenvalue weighted by atomic mass is 16.8. The van der Waals surface area contributed by atoms with Gasteiger partial charge in [-0.3, -0.25) is 9.59 Å². The van der Waals surface area contributed by atoms with Gasteiger partial charge in [-0.1, -0.05) is 12.1 Å². The maximum atomic E-state index is 12.7. The Morgan fingerprint density at radius 1 is 1.10 bits per heavy atom. The minimum absolute atomic E-state index is 0.0778. The number of ether oxygens (including phenoxy) is 3. The molecule has 2 aliphatic rings. The van der Waals surface area contributed by atoms with E-state index in [4.69, 9.17) is 14.2 Å². The van der Waals surface area contributed by atoms with Gasteiger partial charge in [0.15, 0.2) is 11.6 Å². The molecule has 0 radical (unpaired) electrons. The zero-order chi connectivity index (χ0) is 21.3. The van der Waals surface area contributed by atoms with Gasteiger partial charge < -0.3 is 19.5 Å². The van der Waals surface area contributed by atoms with Crippen molar-refractivity contribution in [1.82, 2.24) is 0 Å². The Labute approximate surface area is 170 Å². The number of carbonyl (C=O) groups excluding carboxylic acids is 3. The van der Waals surface area contributed by atoms with Crippen LogP contribution < -0.4 is 5.32 Å². The SMILES string of the molecule is Cc1cc(C)c2c(c1)NC(=O)C[C@H]1OC(C)(C)O[C@@H]1C(=O)/C=C/C[C@H](C)OC2=O. The molecule has 2 aliphatic heterocycles. The second kappa shape index (κ2) is 8.08. The summed E-state index contributed by atoms with van der Waals surface area (Å²) in [5.41, 5.74) is 2.34. The molecule has 0 spiro atoms. The lowest BCUT2D eigenvalue weighted by molar-refractivity contribution is -0.153. The van der Waals surface area contributed by atoms with E-state index in [2.05, 4.69) is 5.32 Å². The highest BCUT2D eigenvalue weighted by Gasteiger charge is 2.45. The summed E-state index contributed by atoms with van der Waals surface area (Å²) in [6.45, 7) is 8.85. The van der Waals surface area contributed by atoms with Crippen molar-refractivity contribution >= 4 is 23.3 Å². The van der Waals surface area contributed by atoms with Crippen LogP contribution in [0.4, 0.5) is 5.69 Å². The maximum Gasteiger partial charge on any atom is 0.340 e. The third-order valence-electron chi connectivity index (χ3n) is 4.87. The lowest BCUT2D eigenvalue weighted by atomic mass is 10.0. The van der Waals surface area contributed by atoms with Gasteiger partial charge in [-0.15, -0.1) is 0 Å². The quantitative estimate of drug-likeness (QED) is 0.671. The van der Waals surface area contributed by atoms with Crippen LogP contribution in [0.1, 0.15) is 55.1 Å². The van der Waals surface area contributed by atoms with E-state index in [1.807, 2.05) is 13.0 Å². The summed E-state index contributed by atoms with van der Waals surface area (Å²) in [5.74, 6) is -2.13. The fraction of sp³-hybridized carbons (Fsp3) is 0.500. The number of esters is 1. The maximum absolute atomic E-state index is 12.7. The normalized spacial score (nSPS) is 28.6. The molecule has 0 unspecified atom stereocenters. The van der Waals surface area contributed by atoms with Crippen LogP contribution in [0.25, 0.3) is 0 Å². The average molecular weight is 401 g/mol. The molecule has 7 heteroatoms. The lowest BCUT2D eigenvalue weighted by Crippen LogP contribution is -2.34. The van der Waals surface area contributed by atoms with Crippen molar-refractivity contribution in [3.8, 4) is 0 Å².